The Hall–Kier alpha value is -2.57. The van der Waals surface area contributed by atoms with Crippen LogP contribution in [0.15, 0.2) is 22.6 Å². The van der Waals surface area contributed by atoms with Crippen molar-refractivity contribution in [2.45, 2.75) is 18.9 Å². The zero-order valence-corrected chi connectivity index (χ0v) is 10.9. The molecule has 7 nitrogen and oxygen atoms in total. The molecule has 3 rings (SSSR count). The summed E-state index contributed by atoms with van der Waals surface area (Å²) in [5, 5.41) is 2.93. The molecule has 2 heterocycles. The maximum absolute atomic E-state index is 12.0. The average molecular weight is 274 g/mol. The highest BCUT2D eigenvalue weighted by Crippen LogP contribution is 2.23. The van der Waals surface area contributed by atoms with Gasteiger partial charge in [-0.2, -0.15) is 4.98 Å². The Bertz CT molecular complexity index is 694. The van der Waals surface area contributed by atoms with E-state index in [0.29, 0.717) is 29.6 Å². The molecule has 1 atom stereocenters. The van der Waals surface area contributed by atoms with E-state index in [1.54, 1.807) is 18.2 Å². The Balaban J connectivity index is 1.82. The molecule has 104 valence electrons. The van der Waals surface area contributed by atoms with E-state index in [-0.39, 0.29) is 17.8 Å². The molecule has 1 fully saturated rings. The SMILES string of the molecule is CN1C(=O)CCC(Nc2nc3ccc(N)cc3o2)C1=O. The Labute approximate surface area is 114 Å². The average Bonchev–Trinajstić information content (AvgIpc) is 2.81. The third kappa shape index (κ3) is 2.07. The molecule has 7 heteroatoms. The summed E-state index contributed by atoms with van der Waals surface area (Å²) in [5.74, 6) is -0.443. The van der Waals surface area contributed by atoms with Gasteiger partial charge in [-0.15, -0.1) is 0 Å². The molecule has 1 unspecified atom stereocenters. The van der Waals surface area contributed by atoms with E-state index in [1.807, 2.05) is 0 Å². The number of piperidine rings is 1. The Kier molecular flexibility index (Phi) is 2.81. The van der Waals surface area contributed by atoms with Crippen LogP contribution >= 0.6 is 0 Å². The fourth-order valence-corrected chi connectivity index (χ4v) is 2.20. The Morgan fingerprint density at radius 3 is 3.05 bits per heavy atom. The molecule has 3 N–H and O–H groups in total. The van der Waals surface area contributed by atoms with Crippen molar-refractivity contribution in [3.63, 3.8) is 0 Å². The molecule has 2 aromatic rings. The smallest absolute Gasteiger partial charge is 0.296 e. The monoisotopic (exact) mass is 274 g/mol. The highest BCUT2D eigenvalue weighted by atomic mass is 16.4. The first-order valence-corrected chi connectivity index (χ1v) is 6.27. The van der Waals surface area contributed by atoms with Crippen molar-refractivity contribution >= 4 is 34.6 Å². The number of fused-ring (bicyclic) bond motifs is 1. The number of rotatable bonds is 2. The van der Waals surface area contributed by atoms with Gasteiger partial charge in [-0.05, 0) is 18.6 Å². The zero-order chi connectivity index (χ0) is 14.3. The molecule has 1 aliphatic heterocycles. The van der Waals surface area contributed by atoms with Crippen LogP contribution in [0, 0.1) is 0 Å². The molecule has 1 aromatic heterocycles. The first-order chi connectivity index (χ1) is 9.54. The second-order valence-electron chi connectivity index (χ2n) is 4.77. The zero-order valence-electron chi connectivity index (χ0n) is 10.9. The van der Waals surface area contributed by atoms with E-state index >= 15 is 0 Å². The first kappa shape index (κ1) is 12.5. The van der Waals surface area contributed by atoms with E-state index in [0.717, 1.165) is 4.90 Å². The van der Waals surface area contributed by atoms with Gasteiger partial charge in [0, 0.05) is 25.2 Å². The van der Waals surface area contributed by atoms with Gasteiger partial charge in [0.15, 0.2) is 5.58 Å². The van der Waals surface area contributed by atoms with E-state index in [2.05, 4.69) is 10.3 Å². The standard InChI is InChI=1S/C13H14N4O3/c1-17-11(18)5-4-9(12(17)19)16-13-15-8-3-2-7(14)6-10(8)20-13/h2-3,6,9H,4-5,14H2,1H3,(H,15,16). The lowest BCUT2D eigenvalue weighted by Gasteiger charge is -2.27. The summed E-state index contributed by atoms with van der Waals surface area (Å²) in [6.07, 6.45) is 0.760. The van der Waals surface area contributed by atoms with Crippen molar-refractivity contribution in [2.75, 3.05) is 18.1 Å². The number of nitrogen functional groups attached to an aromatic ring is 1. The van der Waals surface area contributed by atoms with Crippen molar-refractivity contribution in [2.24, 2.45) is 0 Å². The normalized spacial score (nSPS) is 19.6. The number of carbonyl (C=O) groups is 2. The summed E-state index contributed by atoms with van der Waals surface area (Å²) in [4.78, 5) is 28.7. The van der Waals surface area contributed by atoms with Crippen molar-refractivity contribution < 1.29 is 14.0 Å². The second-order valence-corrected chi connectivity index (χ2v) is 4.77. The maximum atomic E-state index is 12.0. The van der Waals surface area contributed by atoms with Crippen LogP contribution in [0.4, 0.5) is 11.7 Å². The highest BCUT2D eigenvalue weighted by molar-refractivity contribution is 6.01. The second kappa shape index (κ2) is 4.52. The number of oxazole rings is 1. The summed E-state index contributed by atoms with van der Waals surface area (Å²) in [6.45, 7) is 0. The van der Waals surface area contributed by atoms with Crippen LogP contribution in [0.1, 0.15) is 12.8 Å². The molecule has 0 spiro atoms. The molecular weight excluding hydrogens is 260 g/mol. The van der Waals surface area contributed by atoms with Gasteiger partial charge < -0.3 is 15.5 Å². The maximum Gasteiger partial charge on any atom is 0.296 e. The number of carbonyl (C=O) groups excluding carboxylic acids is 2. The number of nitrogens with two attached hydrogens (primary N) is 1. The van der Waals surface area contributed by atoms with Gasteiger partial charge >= 0.3 is 0 Å². The van der Waals surface area contributed by atoms with Crippen LogP contribution in [-0.4, -0.2) is 34.8 Å². The summed E-state index contributed by atoms with van der Waals surface area (Å²) < 4.78 is 5.50. The molecule has 1 aliphatic rings. The summed E-state index contributed by atoms with van der Waals surface area (Å²) >= 11 is 0. The van der Waals surface area contributed by atoms with Crippen molar-refractivity contribution in [1.82, 2.24) is 9.88 Å². The largest absolute Gasteiger partial charge is 0.423 e. The van der Waals surface area contributed by atoms with Crippen LogP contribution in [0.5, 0.6) is 0 Å². The van der Waals surface area contributed by atoms with E-state index < -0.39 is 6.04 Å². The van der Waals surface area contributed by atoms with E-state index in [4.69, 9.17) is 10.2 Å². The predicted octanol–water partition coefficient (Wildman–Crippen LogP) is 0.969. The number of anilines is 2. The fraction of sp³-hybridized carbons (Fsp3) is 0.308. The van der Waals surface area contributed by atoms with E-state index in [1.165, 1.54) is 7.05 Å². The van der Waals surface area contributed by atoms with Crippen LogP contribution in [0.3, 0.4) is 0 Å². The lowest BCUT2D eigenvalue weighted by Crippen LogP contribution is -2.48. The van der Waals surface area contributed by atoms with Crippen LogP contribution in [0.2, 0.25) is 0 Å². The fourth-order valence-electron chi connectivity index (χ4n) is 2.20. The lowest BCUT2D eigenvalue weighted by atomic mass is 10.1. The number of nitrogens with zero attached hydrogens (tertiary/aromatic N) is 2. The van der Waals surface area contributed by atoms with Crippen molar-refractivity contribution in [1.29, 1.82) is 0 Å². The molecule has 2 amide bonds. The minimum atomic E-state index is -0.497. The van der Waals surface area contributed by atoms with Gasteiger partial charge in [0.05, 0.1) is 0 Å². The van der Waals surface area contributed by atoms with Crippen LogP contribution < -0.4 is 11.1 Å². The van der Waals surface area contributed by atoms with Gasteiger partial charge in [0.2, 0.25) is 5.91 Å². The molecule has 20 heavy (non-hydrogen) atoms. The van der Waals surface area contributed by atoms with E-state index in [9.17, 15) is 9.59 Å². The Morgan fingerprint density at radius 2 is 2.25 bits per heavy atom. The number of likely N-dealkylation sites (tertiary alicyclic amines) is 1. The predicted molar refractivity (Wildman–Crippen MR) is 72.8 cm³/mol. The number of aromatic nitrogens is 1. The first-order valence-electron chi connectivity index (χ1n) is 6.27. The van der Waals surface area contributed by atoms with Gasteiger partial charge in [-0.3, -0.25) is 14.5 Å². The highest BCUT2D eigenvalue weighted by Gasteiger charge is 2.32. The third-order valence-corrected chi connectivity index (χ3v) is 3.36. The molecule has 0 saturated carbocycles. The topological polar surface area (TPSA) is 101 Å². The van der Waals surface area contributed by atoms with Crippen LogP contribution in [-0.2, 0) is 9.59 Å². The van der Waals surface area contributed by atoms with Crippen molar-refractivity contribution in [3.8, 4) is 0 Å². The molecule has 0 bridgehead atoms. The van der Waals surface area contributed by atoms with Gasteiger partial charge in [0.1, 0.15) is 11.6 Å². The minimum absolute atomic E-state index is 0.168. The summed E-state index contributed by atoms with van der Waals surface area (Å²) in [5.41, 5.74) is 7.47. The van der Waals surface area contributed by atoms with Gasteiger partial charge in [-0.25, -0.2) is 0 Å². The molecule has 1 saturated heterocycles. The molecule has 0 aliphatic carbocycles. The lowest BCUT2D eigenvalue weighted by molar-refractivity contribution is -0.146. The minimum Gasteiger partial charge on any atom is -0.423 e. The Morgan fingerprint density at radius 1 is 1.45 bits per heavy atom. The number of hydrogen-bond acceptors (Lipinski definition) is 6. The van der Waals surface area contributed by atoms with Crippen molar-refractivity contribution in [3.05, 3.63) is 18.2 Å². The number of imide groups is 1. The summed E-state index contributed by atoms with van der Waals surface area (Å²) in [7, 11) is 1.48. The number of likely N-dealkylation sites (N-methyl/N-ethyl adjacent to an activating group) is 1. The number of amides is 2. The quantitative estimate of drug-likeness (QED) is 0.625. The summed E-state index contributed by atoms with van der Waals surface area (Å²) in [6, 6.07) is 4.91. The molecule has 0 radical (unpaired) electrons. The van der Waals surface area contributed by atoms with Crippen LogP contribution in [0.25, 0.3) is 11.1 Å². The number of benzene rings is 1. The van der Waals surface area contributed by atoms with Gasteiger partial charge in [-0.1, -0.05) is 0 Å². The third-order valence-electron chi connectivity index (χ3n) is 3.36. The molecular formula is C13H14N4O3. The number of nitrogens with one attached hydrogen (secondary N) is 1. The molecule has 1 aromatic carbocycles. The van der Waals surface area contributed by atoms with Gasteiger partial charge in [0.25, 0.3) is 11.9 Å². The number of hydrogen-bond donors (Lipinski definition) is 2.